The summed E-state index contributed by atoms with van der Waals surface area (Å²) in [6.45, 7) is 0.242. The minimum absolute atomic E-state index is 0.0293. The second-order valence-electron chi connectivity index (χ2n) is 10.0. The van der Waals surface area contributed by atoms with Crippen LogP contribution in [0.5, 0.6) is 0 Å². The Bertz CT molecular complexity index is 1030. The predicted octanol–water partition coefficient (Wildman–Crippen LogP) is -0.0218. The molecule has 2 fully saturated rings. The predicted molar refractivity (Wildman–Crippen MR) is 158 cm³/mol. The van der Waals surface area contributed by atoms with E-state index >= 15 is 0 Å². The van der Waals surface area contributed by atoms with Crippen LogP contribution in [0.4, 0.5) is 0 Å². The lowest BCUT2D eigenvalue weighted by atomic mass is 9.86. The Morgan fingerprint density at radius 3 is 1.09 bits per heavy atom. The topological polar surface area (TPSA) is 129 Å². The second-order valence-corrected chi connectivity index (χ2v) is 10.0. The summed E-state index contributed by atoms with van der Waals surface area (Å²) in [6, 6.07) is 0. The number of methoxy groups -OCH3 is 6. The van der Waals surface area contributed by atoms with Crippen molar-refractivity contribution in [3.8, 4) is 47.4 Å². The van der Waals surface area contributed by atoms with Crippen LogP contribution >= 0.6 is 0 Å². The van der Waals surface area contributed by atoms with Gasteiger partial charge in [-0.1, -0.05) is 23.7 Å². The molecule has 14 heteroatoms. The van der Waals surface area contributed by atoms with Crippen LogP contribution < -0.4 is 0 Å². The number of rotatable bonds is 20. The number of hydrogen-bond acceptors (Lipinski definition) is 14. The van der Waals surface area contributed by atoms with E-state index in [4.69, 9.17) is 66.3 Å². The largest absolute Gasteiger partial charge is 0.359 e. The van der Waals surface area contributed by atoms with E-state index in [9.17, 15) is 0 Å². The van der Waals surface area contributed by atoms with E-state index < -0.39 is 60.7 Å². The molecular weight excluding hydrogens is 608 g/mol. The van der Waals surface area contributed by atoms with Crippen LogP contribution in [0.2, 0.25) is 0 Å². The zero-order valence-electron chi connectivity index (χ0n) is 27.1. The summed E-state index contributed by atoms with van der Waals surface area (Å²) in [6.07, 6.45) is -5.54. The van der Waals surface area contributed by atoms with E-state index in [0.29, 0.717) is 0 Å². The van der Waals surface area contributed by atoms with Crippen molar-refractivity contribution in [3.63, 3.8) is 0 Å². The Morgan fingerprint density at radius 2 is 0.739 bits per heavy atom. The summed E-state index contributed by atoms with van der Waals surface area (Å²) in [5.74, 6) is 23.1. The van der Waals surface area contributed by atoms with Gasteiger partial charge < -0.3 is 66.3 Å². The van der Waals surface area contributed by atoms with Crippen molar-refractivity contribution in [2.45, 2.75) is 48.8 Å². The van der Waals surface area contributed by atoms with E-state index in [1.165, 1.54) is 42.7 Å². The fraction of sp³-hybridized carbons (Fsp3) is 0.750. The number of hydrogen-bond donors (Lipinski definition) is 0. The molecule has 6 aliphatic rings. The van der Waals surface area contributed by atoms with Crippen molar-refractivity contribution in [1.82, 2.24) is 0 Å². The third-order valence-corrected chi connectivity index (χ3v) is 6.91. The van der Waals surface area contributed by atoms with Crippen LogP contribution in [0, 0.1) is 59.2 Å². The molecule has 1 aliphatic carbocycles. The Balaban J connectivity index is 2.14. The van der Waals surface area contributed by atoms with Crippen molar-refractivity contribution in [2.75, 3.05) is 96.6 Å². The second kappa shape index (κ2) is 22.3. The first kappa shape index (κ1) is 38.1. The maximum atomic E-state index is 6.39. The van der Waals surface area contributed by atoms with E-state index in [2.05, 4.69) is 47.4 Å². The Kier molecular flexibility index (Phi) is 18.5. The molecule has 0 unspecified atom stereocenters. The van der Waals surface area contributed by atoms with Crippen molar-refractivity contribution in [1.29, 1.82) is 0 Å². The number of ether oxygens (including phenoxy) is 14. The Hall–Kier alpha value is -2.32. The first-order valence-electron chi connectivity index (χ1n) is 14.5. The lowest BCUT2D eigenvalue weighted by Gasteiger charge is -2.43. The zero-order chi connectivity index (χ0) is 33.0. The molecular formula is C32H44O14. The maximum absolute atomic E-state index is 6.39. The van der Waals surface area contributed by atoms with Gasteiger partial charge in [0, 0.05) is 42.7 Å². The minimum Gasteiger partial charge on any atom is -0.359 e. The first-order chi connectivity index (χ1) is 22.6. The molecule has 14 nitrogen and oxygen atoms in total. The molecule has 4 bridgehead atoms. The van der Waals surface area contributed by atoms with Crippen molar-refractivity contribution >= 4 is 0 Å². The Labute approximate surface area is 271 Å². The van der Waals surface area contributed by atoms with E-state index in [1.807, 2.05) is 0 Å². The molecule has 0 N–H and O–H groups in total. The van der Waals surface area contributed by atoms with Gasteiger partial charge in [-0.15, -0.1) is 0 Å². The summed E-state index contributed by atoms with van der Waals surface area (Å²) in [4.78, 5) is 0. The zero-order valence-corrected chi connectivity index (χ0v) is 27.1. The minimum atomic E-state index is -0.800. The van der Waals surface area contributed by atoms with Gasteiger partial charge in [-0.25, -0.2) is 0 Å². The normalized spacial score (nSPS) is 31.5. The molecule has 2 saturated heterocycles. The van der Waals surface area contributed by atoms with Crippen LogP contribution in [0.25, 0.3) is 0 Å². The van der Waals surface area contributed by atoms with Gasteiger partial charge in [0.05, 0.1) is 37.3 Å². The molecule has 0 aromatic heterocycles. The van der Waals surface area contributed by atoms with Crippen LogP contribution in [0.1, 0.15) is 0 Å². The third kappa shape index (κ3) is 11.4. The molecule has 0 aromatic rings. The molecule has 0 saturated carbocycles. The lowest BCUT2D eigenvalue weighted by Crippen LogP contribution is -2.57. The smallest absolute Gasteiger partial charge is 0.148 e. The van der Waals surface area contributed by atoms with Crippen LogP contribution in [-0.4, -0.2) is 145 Å². The summed E-state index contributed by atoms with van der Waals surface area (Å²) < 4.78 is 79.4. The molecule has 0 spiro atoms. The molecule has 46 heavy (non-hydrogen) atoms. The lowest BCUT2D eigenvalue weighted by molar-refractivity contribution is -0.247. The summed E-state index contributed by atoms with van der Waals surface area (Å²) in [5, 5.41) is 0. The maximum Gasteiger partial charge on any atom is 0.148 e. The van der Waals surface area contributed by atoms with Gasteiger partial charge in [-0.3, -0.25) is 0 Å². The molecule has 256 valence electrons. The van der Waals surface area contributed by atoms with Gasteiger partial charge >= 0.3 is 0 Å². The van der Waals surface area contributed by atoms with Crippen molar-refractivity contribution in [2.24, 2.45) is 11.8 Å². The highest BCUT2D eigenvalue weighted by atomic mass is 16.7. The van der Waals surface area contributed by atoms with E-state index in [1.54, 1.807) is 0 Å². The van der Waals surface area contributed by atoms with Gasteiger partial charge in [-0.2, -0.15) is 0 Å². The van der Waals surface area contributed by atoms with Crippen LogP contribution in [-0.2, 0) is 66.3 Å². The molecule has 5 heterocycles. The average molecular weight is 653 g/mol. The molecule has 10 atom stereocenters. The van der Waals surface area contributed by atoms with Gasteiger partial charge in [0.2, 0.25) is 0 Å². The summed E-state index contributed by atoms with van der Waals surface area (Å²) >= 11 is 0. The Morgan fingerprint density at radius 1 is 0.413 bits per heavy atom. The standard InChI is InChI=1S/C32H44O14/c1-33-17-39-15-27-23-11-7-9-14-26-32(44-22-38-6)30(42-20-36-4)24(28(46-26)16-40-18-34-2)12-8-10-13-25(45-27)31(43-21-37-5)29(23)41-19-35-3/h23-32H,15-22H2,1-6H3/t23-,24-,25-,26-,27-,28-,29+,30+,31+,32+/m1/s1. The van der Waals surface area contributed by atoms with Crippen LogP contribution in [0.3, 0.4) is 0 Å². The molecule has 6 rings (SSSR count). The average Bonchev–Trinajstić information content (AvgIpc) is 3.06. The summed E-state index contributed by atoms with van der Waals surface area (Å²) in [7, 11) is 9.14. The highest BCUT2D eigenvalue weighted by Crippen LogP contribution is 2.32. The van der Waals surface area contributed by atoms with Gasteiger partial charge in [0.25, 0.3) is 0 Å². The van der Waals surface area contributed by atoms with Gasteiger partial charge in [0.1, 0.15) is 77.4 Å². The molecule has 0 radical (unpaired) electrons. The summed E-state index contributed by atoms with van der Waals surface area (Å²) in [5.41, 5.74) is 0. The van der Waals surface area contributed by atoms with E-state index in [0.717, 1.165) is 0 Å². The van der Waals surface area contributed by atoms with E-state index in [-0.39, 0.29) is 54.0 Å². The molecule has 0 aromatic carbocycles. The van der Waals surface area contributed by atoms with Gasteiger partial charge in [0.15, 0.2) is 0 Å². The van der Waals surface area contributed by atoms with Crippen molar-refractivity contribution in [3.05, 3.63) is 0 Å². The SMILES string of the molecule is COCOC[C@H]1O[C@@H]2C#CC#C[C@H]3[C@H](OCOC)[C@@H](OCOC)[C@@H](C#CC#C[C@H]1[C@H](OCOC)[C@H]2OCOC)O[C@@H]3COCOC. The monoisotopic (exact) mass is 652 g/mol. The molecule has 5 aliphatic heterocycles. The van der Waals surface area contributed by atoms with Crippen molar-refractivity contribution < 1.29 is 66.3 Å². The first-order valence-corrected chi connectivity index (χ1v) is 14.5. The highest BCUT2D eigenvalue weighted by Gasteiger charge is 2.48. The quantitative estimate of drug-likeness (QED) is 0.0993. The third-order valence-electron chi connectivity index (χ3n) is 6.91. The fourth-order valence-corrected chi connectivity index (χ4v) is 5.04. The fourth-order valence-electron chi connectivity index (χ4n) is 5.04. The molecule has 0 amide bonds. The highest BCUT2D eigenvalue weighted by molar-refractivity contribution is 5.34. The van der Waals surface area contributed by atoms with Gasteiger partial charge in [-0.05, 0) is 23.7 Å². The van der Waals surface area contributed by atoms with Crippen LogP contribution in [0.15, 0.2) is 0 Å².